The quantitative estimate of drug-likeness (QED) is 0.302. The van der Waals surface area contributed by atoms with E-state index in [9.17, 15) is 9.60 Å². The number of amidine groups is 1. The molecular weight excluding hydrogens is 377 g/mol. The summed E-state index contributed by atoms with van der Waals surface area (Å²) in [6.07, 6.45) is 1.98. The van der Waals surface area contributed by atoms with Crippen molar-refractivity contribution in [3.05, 3.63) is 34.2 Å². The predicted octanol–water partition coefficient (Wildman–Crippen LogP) is 2.80. The maximum absolute atomic E-state index is 13.2. The van der Waals surface area contributed by atoms with E-state index in [0.717, 1.165) is 5.75 Å². The summed E-state index contributed by atoms with van der Waals surface area (Å²) in [6, 6.07) is 4.20. The molecule has 1 aromatic carbocycles. The molecule has 0 aliphatic heterocycles. The second-order valence-electron chi connectivity index (χ2n) is 4.05. The number of hydrogen-bond acceptors (Lipinski definition) is 7. The summed E-state index contributed by atoms with van der Waals surface area (Å²) in [5, 5.41) is 19.7. The molecule has 0 saturated carbocycles. The number of anilines is 1. The van der Waals surface area contributed by atoms with Gasteiger partial charge in [0.05, 0.1) is 10.2 Å². The molecule has 22 heavy (non-hydrogen) atoms. The van der Waals surface area contributed by atoms with E-state index in [4.69, 9.17) is 0 Å². The van der Waals surface area contributed by atoms with E-state index in [2.05, 4.69) is 41.2 Å². The van der Waals surface area contributed by atoms with E-state index in [1.165, 1.54) is 18.2 Å². The van der Waals surface area contributed by atoms with Crippen LogP contribution in [0.5, 0.6) is 0 Å². The fourth-order valence-electron chi connectivity index (χ4n) is 1.55. The zero-order valence-corrected chi connectivity index (χ0v) is 13.9. The molecule has 0 saturated heterocycles. The zero-order valence-electron chi connectivity index (χ0n) is 11.5. The number of thioether (sulfide) groups is 1. The Morgan fingerprint density at radius 2 is 2.32 bits per heavy atom. The molecule has 0 unspecified atom stereocenters. The number of halogens is 2. The van der Waals surface area contributed by atoms with E-state index in [-0.39, 0.29) is 16.0 Å². The average molecular weight is 390 g/mol. The minimum absolute atomic E-state index is 0.0337. The van der Waals surface area contributed by atoms with Crippen LogP contribution in [0.2, 0.25) is 0 Å². The lowest BCUT2D eigenvalue weighted by atomic mass is 10.3. The predicted molar refractivity (Wildman–Crippen MR) is 86.4 cm³/mol. The van der Waals surface area contributed by atoms with Crippen molar-refractivity contribution in [2.45, 2.75) is 0 Å². The van der Waals surface area contributed by atoms with Crippen LogP contribution in [0.15, 0.2) is 32.3 Å². The van der Waals surface area contributed by atoms with Gasteiger partial charge in [0, 0.05) is 12.3 Å². The van der Waals surface area contributed by atoms with Gasteiger partial charge in [-0.25, -0.2) is 14.0 Å². The standard InChI is InChI=1S/C12H13BrFN5O2S/c1-22-5-4-15-11-10(18-21-19-11)12(17-20)16-7-2-3-9(14)8(13)6-7/h2-3,6,20H,4-5H2,1H3,(H,15,19)(H,16,17). The molecule has 0 aliphatic rings. The first-order chi connectivity index (χ1) is 10.7. The van der Waals surface area contributed by atoms with Gasteiger partial charge in [-0.05, 0) is 50.7 Å². The lowest BCUT2D eigenvalue weighted by molar-refractivity contribution is 0.234. The van der Waals surface area contributed by atoms with Gasteiger partial charge >= 0.3 is 0 Å². The van der Waals surface area contributed by atoms with Gasteiger partial charge in [-0.15, -0.1) is 0 Å². The molecule has 118 valence electrons. The second kappa shape index (κ2) is 8.11. The highest BCUT2D eigenvalue weighted by Gasteiger charge is 2.16. The summed E-state index contributed by atoms with van der Waals surface area (Å²) in [7, 11) is 0. The van der Waals surface area contributed by atoms with Gasteiger partial charge in [0.1, 0.15) is 5.82 Å². The smallest absolute Gasteiger partial charge is 0.202 e. The molecule has 0 aliphatic carbocycles. The number of aliphatic imine (C=N–C) groups is 1. The number of hydroxylamine groups is 1. The molecule has 3 N–H and O–H groups in total. The molecule has 1 aromatic heterocycles. The molecule has 0 radical (unpaired) electrons. The maximum Gasteiger partial charge on any atom is 0.202 e. The molecule has 2 rings (SSSR count). The van der Waals surface area contributed by atoms with E-state index in [0.29, 0.717) is 18.1 Å². The minimum atomic E-state index is -0.403. The SMILES string of the molecule is CSCCNc1nonc1C(=Nc1ccc(F)c(Br)c1)NO. The van der Waals surface area contributed by atoms with Crippen LogP contribution in [0.4, 0.5) is 15.9 Å². The number of hydrogen-bond donors (Lipinski definition) is 3. The van der Waals surface area contributed by atoms with Crippen LogP contribution in [0.1, 0.15) is 5.69 Å². The lowest BCUT2D eigenvalue weighted by Gasteiger charge is -2.05. The Bertz CT molecular complexity index is 667. The van der Waals surface area contributed by atoms with Gasteiger partial charge in [-0.1, -0.05) is 0 Å². The number of aromatic nitrogens is 2. The van der Waals surface area contributed by atoms with Crippen molar-refractivity contribution < 1.29 is 14.2 Å². The van der Waals surface area contributed by atoms with Gasteiger partial charge < -0.3 is 5.32 Å². The van der Waals surface area contributed by atoms with E-state index in [1.54, 1.807) is 11.8 Å². The fourth-order valence-corrected chi connectivity index (χ4v) is 2.22. The summed E-state index contributed by atoms with van der Waals surface area (Å²) in [5.74, 6) is 0.859. The summed E-state index contributed by atoms with van der Waals surface area (Å²) < 4.78 is 18.2. The van der Waals surface area contributed by atoms with E-state index >= 15 is 0 Å². The first kappa shape index (κ1) is 16.7. The second-order valence-corrected chi connectivity index (χ2v) is 5.89. The topological polar surface area (TPSA) is 95.6 Å². The van der Waals surface area contributed by atoms with E-state index in [1.807, 2.05) is 11.7 Å². The van der Waals surface area contributed by atoms with Crippen molar-refractivity contribution in [3.8, 4) is 0 Å². The Balaban J connectivity index is 2.25. The van der Waals surface area contributed by atoms with Crippen LogP contribution in [0, 0.1) is 5.82 Å². The summed E-state index contributed by atoms with van der Waals surface area (Å²) in [4.78, 5) is 4.16. The molecule has 0 fully saturated rings. The number of rotatable bonds is 6. The number of nitrogens with zero attached hydrogens (tertiary/aromatic N) is 3. The molecular formula is C12H13BrFN5O2S. The van der Waals surface area contributed by atoms with Crippen LogP contribution in [0.25, 0.3) is 0 Å². The first-order valence-corrected chi connectivity index (χ1v) is 8.34. The van der Waals surface area contributed by atoms with Crippen LogP contribution >= 0.6 is 27.7 Å². The van der Waals surface area contributed by atoms with Crippen LogP contribution in [-0.2, 0) is 0 Å². The number of benzene rings is 1. The molecule has 1 heterocycles. The highest BCUT2D eigenvalue weighted by atomic mass is 79.9. The zero-order chi connectivity index (χ0) is 15.9. The Morgan fingerprint density at radius 1 is 1.50 bits per heavy atom. The third kappa shape index (κ3) is 4.18. The normalized spacial score (nSPS) is 11.5. The fraction of sp³-hybridized carbons (Fsp3) is 0.250. The van der Waals surface area contributed by atoms with Crippen LogP contribution < -0.4 is 10.8 Å². The van der Waals surface area contributed by atoms with Crippen molar-refractivity contribution in [2.24, 2.45) is 4.99 Å². The lowest BCUT2D eigenvalue weighted by Crippen LogP contribution is -2.22. The summed E-state index contributed by atoms with van der Waals surface area (Å²) in [5.41, 5.74) is 2.60. The van der Waals surface area contributed by atoms with Crippen LogP contribution in [-0.4, -0.2) is 39.9 Å². The maximum atomic E-state index is 13.2. The monoisotopic (exact) mass is 389 g/mol. The van der Waals surface area contributed by atoms with Gasteiger partial charge in [0.15, 0.2) is 11.5 Å². The largest absolute Gasteiger partial charge is 0.364 e. The van der Waals surface area contributed by atoms with Crippen molar-refractivity contribution >= 4 is 45.0 Å². The Morgan fingerprint density at radius 3 is 3.00 bits per heavy atom. The molecule has 2 aromatic rings. The van der Waals surface area contributed by atoms with Gasteiger partial charge in [-0.2, -0.15) is 11.8 Å². The highest BCUT2D eigenvalue weighted by Crippen LogP contribution is 2.23. The number of nitrogens with one attached hydrogen (secondary N) is 2. The minimum Gasteiger partial charge on any atom is -0.364 e. The van der Waals surface area contributed by atoms with Gasteiger partial charge in [-0.3, -0.25) is 10.7 Å². The Kier molecular flexibility index (Phi) is 6.16. The molecule has 0 bridgehead atoms. The Hall–Kier alpha value is -1.65. The molecule has 7 nitrogen and oxygen atoms in total. The van der Waals surface area contributed by atoms with E-state index < -0.39 is 5.82 Å². The van der Waals surface area contributed by atoms with Crippen molar-refractivity contribution in [3.63, 3.8) is 0 Å². The van der Waals surface area contributed by atoms with Crippen LogP contribution in [0.3, 0.4) is 0 Å². The molecule has 0 atom stereocenters. The van der Waals surface area contributed by atoms with Crippen molar-refractivity contribution in [1.82, 2.24) is 15.8 Å². The molecule has 10 heteroatoms. The molecule has 0 amide bonds. The molecule has 0 spiro atoms. The summed E-state index contributed by atoms with van der Waals surface area (Å²) in [6.45, 7) is 0.656. The van der Waals surface area contributed by atoms with Gasteiger partial charge in [0.2, 0.25) is 5.82 Å². The first-order valence-electron chi connectivity index (χ1n) is 6.15. The third-order valence-electron chi connectivity index (χ3n) is 2.56. The average Bonchev–Trinajstić information content (AvgIpc) is 2.97. The highest BCUT2D eigenvalue weighted by molar-refractivity contribution is 9.10. The van der Waals surface area contributed by atoms with Gasteiger partial charge in [0.25, 0.3) is 0 Å². The Labute approximate surface area is 138 Å². The summed E-state index contributed by atoms with van der Waals surface area (Å²) >= 11 is 4.75. The van der Waals surface area contributed by atoms with Crippen molar-refractivity contribution in [1.29, 1.82) is 0 Å². The third-order valence-corrected chi connectivity index (χ3v) is 3.78. The van der Waals surface area contributed by atoms with Crippen molar-refractivity contribution in [2.75, 3.05) is 23.9 Å².